The molecule has 1 aromatic rings. The number of thioether (sulfide) groups is 2. The van der Waals surface area contributed by atoms with Gasteiger partial charge in [-0.25, -0.2) is 0 Å². The molecule has 4 nitrogen and oxygen atoms in total. The van der Waals surface area contributed by atoms with E-state index in [-0.39, 0.29) is 11.2 Å². The fourth-order valence-corrected chi connectivity index (χ4v) is 7.06. The van der Waals surface area contributed by atoms with Crippen molar-refractivity contribution in [1.82, 2.24) is 15.5 Å². The largest absolute Gasteiger partial charge is 0.352 e. The number of nitrogens with one attached hydrogen (secondary N) is 1. The summed E-state index contributed by atoms with van der Waals surface area (Å²) in [5.74, 6) is 3.58. The fourth-order valence-electron chi connectivity index (χ4n) is 3.99. The van der Waals surface area contributed by atoms with Crippen molar-refractivity contribution in [3.05, 3.63) is 0 Å². The smallest absolute Gasteiger partial charge is 0.233 e. The van der Waals surface area contributed by atoms with Crippen LogP contribution in [0.15, 0.2) is 8.68 Å². The Morgan fingerprint density at radius 2 is 2.09 bits per heavy atom. The van der Waals surface area contributed by atoms with Crippen LogP contribution in [0.4, 0.5) is 0 Å². The first-order valence-corrected chi connectivity index (χ1v) is 11.2. The molecule has 5 atom stereocenters. The number of hydrogen-bond donors (Lipinski definition) is 1. The maximum absolute atomic E-state index is 12.5. The van der Waals surface area contributed by atoms with Crippen molar-refractivity contribution in [2.75, 3.05) is 5.75 Å². The fraction of sp³-hybridized carbons (Fsp3) is 0.812. The molecular weight excluding hydrogens is 346 g/mol. The van der Waals surface area contributed by atoms with Gasteiger partial charge >= 0.3 is 0 Å². The summed E-state index contributed by atoms with van der Waals surface area (Å²) in [6.45, 7) is 6.25. The van der Waals surface area contributed by atoms with E-state index in [1.54, 1.807) is 23.1 Å². The van der Waals surface area contributed by atoms with Crippen molar-refractivity contribution in [2.24, 2.45) is 17.8 Å². The Bertz CT molecular complexity index is 550. The van der Waals surface area contributed by atoms with Crippen LogP contribution >= 0.6 is 34.9 Å². The first-order chi connectivity index (χ1) is 11.1. The molecule has 0 saturated heterocycles. The minimum absolute atomic E-state index is 0.122. The van der Waals surface area contributed by atoms with E-state index in [9.17, 15) is 4.79 Å². The molecule has 2 fully saturated rings. The Morgan fingerprint density at radius 3 is 2.74 bits per heavy atom. The van der Waals surface area contributed by atoms with E-state index in [2.05, 4.69) is 29.4 Å². The zero-order valence-electron chi connectivity index (χ0n) is 13.9. The summed E-state index contributed by atoms with van der Waals surface area (Å²) in [6, 6.07) is 0.293. The average molecular weight is 372 g/mol. The van der Waals surface area contributed by atoms with Crippen LogP contribution in [0.25, 0.3) is 0 Å². The van der Waals surface area contributed by atoms with Crippen molar-refractivity contribution in [2.45, 2.75) is 66.4 Å². The number of amides is 1. The molecule has 1 N–H and O–H groups in total. The number of aromatic nitrogens is 2. The van der Waals surface area contributed by atoms with Gasteiger partial charge in [0, 0.05) is 6.04 Å². The minimum Gasteiger partial charge on any atom is -0.352 e. The second kappa shape index (κ2) is 7.74. The van der Waals surface area contributed by atoms with E-state index >= 15 is 0 Å². The van der Waals surface area contributed by atoms with Gasteiger partial charge in [0.25, 0.3) is 0 Å². The summed E-state index contributed by atoms with van der Waals surface area (Å²) in [7, 11) is 0. The molecule has 5 unspecified atom stereocenters. The lowest BCUT2D eigenvalue weighted by Crippen LogP contribution is -2.43. The number of hydrogen-bond acceptors (Lipinski definition) is 6. The van der Waals surface area contributed by atoms with E-state index in [1.165, 1.54) is 37.4 Å². The second-order valence-electron chi connectivity index (χ2n) is 6.66. The average Bonchev–Trinajstić information content (AvgIpc) is 3.24. The first kappa shape index (κ1) is 17.5. The normalized spacial score (nSPS) is 28.7. The van der Waals surface area contributed by atoms with Crippen molar-refractivity contribution < 1.29 is 4.79 Å². The number of fused-ring (bicyclic) bond motifs is 2. The number of carbonyl (C=O) groups is 1. The van der Waals surface area contributed by atoms with Gasteiger partial charge in [-0.2, -0.15) is 0 Å². The highest BCUT2D eigenvalue weighted by Gasteiger charge is 2.42. The van der Waals surface area contributed by atoms with Gasteiger partial charge in [0.05, 0.1) is 5.25 Å². The van der Waals surface area contributed by atoms with Gasteiger partial charge in [-0.15, -0.1) is 10.2 Å². The van der Waals surface area contributed by atoms with Gasteiger partial charge < -0.3 is 5.32 Å². The van der Waals surface area contributed by atoms with Crippen LogP contribution in [0.2, 0.25) is 0 Å². The zero-order chi connectivity index (χ0) is 16.4. The van der Waals surface area contributed by atoms with E-state index in [1.807, 2.05) is 6.92 Å². The van der Waals surface area contributed by atoms with Gasteiger partial charge in [0.15, 0.2) is 8.68 Å². The molecule has 2 aliphatic carbocycles. The van der Waals surface area contributed by atoms with Crippen LogP contribution in [0.5, 0.6) is 0 Å². The highest BCUT2D eigenvalue weighted by Crippen LogP contribution is 2.49. The predicted molar refractivity (Wildman–Crippen MR) is 98.2 cm³/mol. The summed E-state index contributed by atoms with van der Waals surface area (Å²) >= 11 is 4.80. The van der Waals surface area contributed by atoms with E-state index in [0.717, 1.165) is 26.3 Å². The third-order valence-electron chi connectivity index (χ3n) is 5.11. The lowest BCUT2D eigenvalue weighted by molar-refractivity contribution is -0.121. The van der Waals surface area contributed by atoms with E-state index < -0.39 is 0 Å². The van der Waals surface area contributed by atoms with Crippen LogP contribution in [0.3, 0.4) is 0 Å². The highest BCUT2D eigenvalue weighted by molar-refractivity contribution is 8.03. The topological polar surface area (TPSA) is 54.9 Å². The molecule has 1 aromatic heterocycles. The summed E-state index contributed by atoms with van der Waals surface area (Å²) in [4.78, 5) is 12.5. The molecule has 23 heavy (non-hydrogen) atoms. The summed E-state index contributed by atoms with van der Waals surface area (Å²) < 4.78 is 1.87. The molecular formula is C16H25N3OS3. The lowest BCUT2D eigenvalue weighted by Gasteiger charge is -2.29. The Labute approximate surface area is 151 Å². The molecule has 0 radical (unpaired) electrons. The van der Waals surface area contributed by atoms with Gasteiger partial charge in [-0.1, -0.05) is 48.2 Å². The second-order valence-corrected chi connectivity index (χ2v) is 10.7. The highest BCUT2D eigenvalue weighted by atomic mass is 32.2. The lowest BCUT2D eigenvalue weighted by atomic mass is 9.84. The monoisotopic (exact) mass is 371 g/mol. The van der Waals surface area contributed by atoms with Gasteiger partial charge in [-0.05, 0) is 56.6 Å². The van der Waals surface area contributed by atoms with Gasteiger partial charge in [0.1, 0.15) is 0 Å². The van der Waals surface area contributed by atoms with Crippen molar-refractivity contribution in [3.8, 4) is 0 Å². The quantitative estimate of drug-likeness (QED) is 0.732. The van der Waals surface area contributed by atoms with E-state index in [4.69, 9.17) is 0 Å². The van der Waals surface area contributed by atoms with Crippen LogP contribution in [-0.4, -0.2) is 33.1 Å². The van der Waals surface area contributed by atoms with Gasteiger partial charge in [0.2, 0.25) is 5.91 Å². The molecule has 128 valence electrons. The van der Waals surface area contributed by atoms with Crippen LogP contribution in [-0.2, 0) is 4.79 Å². The minimum atomic E-state index is -0.122. The summed E-state index contributed by atoms with van der Waals surface area (Å²) in [6.07, 6.45) is 5.46. The third-order valence-corrected chi connectivity index (χ3v) is 8.23. The van der Waals surface area contributed by atoms with Gasteiger partial charge in [-0.3, -0.25) is 4.79 Å². The number of rotatable bonds is 7. The SMILES string of the molecule is CCSc1nnc(SC(C)C(=O)NC(C)C2CC3CCC2C3)s1. The van der Waals surface area contributed by atoms with Crippen molar-refractivity contribution in [3.63, 3.8) is 0 Å². The van der Waals surface area contributed by atoms with Crippen LogP contribution in [0, 0.1) is 17.8 Å². The standard InChI is InChI=1S/C16H25N3OS3/c1-4-21-15-18-19-16(23-15)22-10(3)14(20)17-9(2)13-8-11-5-6-12(13)7-11/h9-13H,4-8H2,1-3H3,(H,17,20). The van der Waals surface area contributed by atoms with Crippen molar-refractivity contribution >= 4 is 40.8 Å². The van der Waals surface area contributed by atoms with E-state index in [0.29, 0.717) is 12.0 Å². The molecule has 1 amide bonds. The molecule has 3 rings (SSSR count). The predicted octanol–water partition coefficient (Wildman–Crippen LogP) is 4.07. The number of carbonyl (C=O) groups excluding carboxylic acids is 1. The molecule has 2 saturated carbocycles. The number of nitrogens with zero attached hydrogens (tertiary/aromatic N) is 2. The first-order valence-electron chi connectivity index (χ1n) is 8.50. The molecule has 0 aliphatic heterocycles. The Balaban J connectivity index is 1.48. The maximum atomic E-state index is 12.5. The van der Waals surface area contributed by atoms with Crippen molar-refractivity contribution in [1.29, 1.82) is 0 Å². The third kappa shape index (κ3) is 4.23. The molecule has 7 heteroatoms. The summed E-state index contributed by atoms with van der Waals surface area (Å²) in [5, 5.41) is 11.5. The van der Waals surface area contributed by atoms with Crippen LogP contribution in [0.1, 0.15) is 46.5 Å². The Hall–Kier alpha value is -0.270. The van der Waals surface area contributed by atoms with Crippen LogP contribution < -0.4 is 5.32 Å². The Morgan fingerprint density at radius 1 is 1.30 bits per heavy atom. The summed E-state index contributed by atoms with van der Waals surface area (Å²) in [5.41, 5.74) is 0. The maximum Gasteiger partial charge on any atom is 0.233 e. The molecule has 0 spiro atoms. The molecule has 0 aromatic carbocycles. The molecule has 1 heterocycles. The molecule has 2 aliphatic rings. The molecule has 2 bridgehead atoms. The zero-order valence-corrected chi connectivity index (χ0v) is 16.4. The Kier molecular flexibility index (Phi) is 5.91.